The molecule has 0 aliphatic rings. The van der Waals surface area contributed by atoms with E-state index in [0.717, 1.165) is 6.07 Å². The monoisotopic (exact) mass is 159 g/mol. The zero-order valence-corrected chi connectivity index (χ0v) is 5.47. The van der Waals surface area contributed by atoms with Crippen molar-refractivity contribution < 1.29 is 19.4 Å². The van der Waals surface area contributed by atoms with E-state index < -0.39 is 18.5 Å². The number of alkyl halides is 1. The predicted octanol–water partition coefficient (Wildman–Crippen LogP) is 0.888. The molecule has 0 amide bonds. The van der Waals surface area contributed by atoms with Crippen LogP contribution in [0.4, 0.5) is 4.39 Å². The summed E-state index contributed by atoms with van der Waals surface area (Å²) in [6.45, 7) is -0.879. The number of aromatic carboxylic acids is 1. The van der Waals surface area contributed by atoms with E-state index >= 15 is 0 Å². The fourth-order valence-electron chi connectivity index (χ4n) is 0.704. The number of nitrogens with one attached hydrogen (secondary N) is 1. The van der Waals surface area contributed by atoms with Gasteiger partial charge < -0.3 is 15.2 Å². The number of aromatic hydroxyl groups is 1. The van der Waals surface area contributed by atoms with E-state index in [1.807, 2.05) is 0 Å². The van der Waals surface area contributed by atoms with Crippen LogP contribution < -0.4 is 0 Å². The standard InChI is InChI=1S/C6H6FNO3/c7-2-3-1-4(6(10)11)8-5(3)9/h1,8-9H,2H2,(H,10,11). The van der Waals surface area contributed by atoms with E-state index in [0.29, 0.717) is 0 Å². The highest BCUT2D eigenvalue weighted by Gasteiger charge is 2.10. The molecule has 0 aliphatic heterocycles. The van der Waals surface area contributed by atoms with Crippen molar-refractivity contribution in [3.8, 4) is 5.88 Å². The smallest absolute Gasteiger partial charge is 0.352 e. The lowest BCUT2D eigenvalue weighted by Crippen LogP contribution is -1.94. The van der Waals surface area contributed by atoms with Gasteiger partial charge in [0.05, 0.1) is 0 Å². The molecule has 0 radical (unpaired) electrons. The summed E-state index contributed by atoms with van der Waals surface area (Å²) in [5.74, 6) is -1.65. The summed E-state index contributed by atoms with van der Waals surface area (Å²) in [4.78, 5) is 12.3. The average molecular weight is 159 g/mol. The molecule has 1 rings (SSSR count). The van der Waals surface area contributed by atoms with Gasteiger partial charge in [-0.1, -0.05) is 0 Å². The van der Waals surface area contributed by atoms with Gasteiger partial charge in [-0.2, -0.15) is 0 Å². The SMILES string of the molecule is O=C(O)c1cc(CF)c(O)[nH]1. The number of aromatic nitrogens is 1. The highest BCUT2D eigenvalue weighted by molar-refractivity contribution is 5.86. The van der Waals surface area contributed by atoms with Gasteiger partial charge in [0.1, 0.15) is 12.4 Å². The minimum atomic E-state index is -1.22. The molecule has 11 heavy (non-hydrogen) atoms. The average Bonchev–Trinajstić information content (AvgIpc) is 2.31. The van der Waals surface area contributed by atoms with Crippen LogP contribution in [-0.4, -0.2) is 21.2 Å². The van der Waals surface area contributed by atoms with Gasteiger partial charge >= 0.3 is 5.97 Å². The van der Waals surface area contributed by atoms with Crippen LogP contribution in [0, 0.1) is 0 Å². The Labute approximate surface area is 61.3 Å². The number of carboxylic acids is 1. The molecule has 0 aromatic carbocycles. The summed E-state index contributed by atoms with van der Waals surface area (Å²) in [6.07, 6.45) is 0. The summed E-state index contributed by atoms with van der Waals surface area (Å²) in [7, 11) is 0. The van der Waals surface area contributed by atoms with E-state index in [1.54, 1.807) is 0 Å². The summed E-state index contributed by atoms with van der Waals surface area (Å²) >= 11 is 0. The minimum absolute atomic E-state index is 0.0394. The van der Waals surface area contributed by atoms with Gasteiger partial charge in [0.25, 0.3) is 0 Å². The molecule has 60 valence electrons. The topological polar surface area (TPSA) is 73.3 Å². The third kappa shape index (κ3) is 1.31. The molecular weight excluding hydrogens is 153 g/mol. The zero-order chi connectivity index (χ0) is 8.43. The molecule has 1 aromatic rings. The van der Waals surface area contributed by atoms with Crippen LogP contribution in [0.2, 0.25) is 0 Å². The molecule has 0 saturated heterocycles. The maximum Gasteiger partial charge on any atom is 0.352 e. The summed E-state index contributed by atoms with van der Waals surface area (Å²) in [5, 5.41) is 17.2. The molecule has 0 fully saturated rings. The van der Waals surface area contributed by atoms with E-state index in [1.165, 1.54) is 0 Å². The number of halogens is 1. The van der Waals surface area contributed by atoms with Crippen molar-refractivity contribution in [2.75, 3.05) is 0 Å². The first-order valence-electron chi connectivity index (χ1n) is 2.85. The maximum atomic E-state index is 11.9. The number of H-pyrrole nitrogens is 1. The Kier molecular flexibility index (Phi) is 1.80. The molecule has 0 unspecified atom stereocenters. The lowest BCUT2D eigenvalue weighted by molar-refractivity contribution is 0.0690. The third-order valence-electron chi connectivity index (χ3n) is 1.25. The molecule has 0 saturated carbocycles. The van der Waals surface area contributed by atoms with Crippen LogP contribution in [0.5, 0.6) is 5.88 Å². The first kappa shape index (κ1) is 7.59. The van der Waals surface area contributed by atoms with Crippen molar-refractivity contribution >= 4 is 5.97 Å². The second kappa shape index (κ2) is 2.61. The van der Waals surface area contributed by atoms with Gasteiger partial charge in [-0.05, 0) is 6.07 Å². The first-order chi connectivity index (χ1) is 5.15. The van der Waals surface area contributed by atoms with Crippen molar-refractivity contribution in [2.45, 2.75) is 6.67 Å². The highest BCUT2D eigenvalue weighted by Crippen LogP contribution is 2.17. The lowest BCUT2D eigenvalue weighted by atomic mass is 10.3. The van der Waals surface area contributed by atoms with Gasteiger partial charge in [0.2, 0.25) is 0 Å². The van der Waals surface area contributed by atoms with Crippen LogP contribution in [0.25, 0.3) is 0 Å². The van der Waals surface area contributed by atoms with Crippen LogP contribution in [0.15, 0.2) is 6.07 Å². The van der Waals surface area contributed by atoms with Crippen molar-refractivity contribution in [1.82, 2.24) is 4.98 Å². The largest absolute Gasteiger partial charge is 0.494 e. The van der Waals surface area contributed by atoms with Crippen molar-refractivity contribution in [3.63, 3.8) is 0 Å². The van der Waals surface area contributed by atoms with E-state index in [2.05, 4.69) is 4.98 Å². The molecule has 0 bridgehead atoms. The fraction of sp³-hybridized carbons (Fsp3) is 0.167. The number of aromatic amines is 1. The lowest BCUT2D eigenvalue weighted by Gasteiger charge is -1.85. The first-order valence-corrected chi connectivity index (χ1v) is 2.85. The molecule has 1 aromatic heterocycles. The molecule has 5 heteroatoms. The van der Waals surface area contributed by atoms with Gasteiger partial charge in [0, 0.05) is 5.56 Å². The highest BCUT2D eigenvalue weighted by atomic mass is 19.1. The molecule has 1 heterocycles. The van der Waals surface area contributed by atoms with Crippen LogP contribution in [0.1, 0.15) is 16.1 Å². The summed E-state index contributed by atoms with van der Waals surface area (Å²) in [5.41, 5.74) is -0.252. The van der Waals surface area contributed by atoms with E-state index in [-0.39, 0.29) is 11.3 Å². The van der Waals surface area contributed by atoms with Crippen molar-refractivity contribution in [1.29, 1.82) is 0 Å². The number of hydrogen-bond acceptors (Lipinski definition) is 2. The number of hydrogen-bond donors (Lipinski definition) is 3. The van der Waals surface area contributed by atoms with Gasteiger partial charge in [-0.3, -0.25) is 0 Å². The van der Waals surface area contributed by atoms with E-state index in [9.17, 15) is 9.18 Å². The Morgan fingerprint density at radius 3 is 2.64 bits per heavy atom. The summed E-state index contributed by atoms with van der Waals surface area (Å²) in [6, 6.07) is 1.05. The Morgan fingerprint density at radius 2 is 2.36 bits per heavy atom. The van der Waals surface area contributed by atoms with Crippen LogP contribution in [0.3, 0.4) is 0 Å². The number of carbonyl (C=O) groups is 1. The van der Waals surface area contributed by atoms with E-state index in [4.69, 9.17) is 10.2 Å². The zero-order valence-electron chi connectivity index (χ0n) is 5.47. The maximum absolute atomic E-state index is 11.9. The normalized spacial score (nSPS) is 9.91. The number of carboxylic acid groups (broad SMARTS) is 1. The van der Waals surface area contributed by atoms with Crippen molar-refractivity contribution in [3.05, 3.63) is 17.3 Å². The second-order valence-corrected chi connectivity index (χ2v) is 2.00. The molecular formula is C6H6FNO3. The Morgan fingerprint density at radius 1 is 1.73 bits per heavy atom. The quantitative estimate of drug-likeness (QED) is 0.599. The summed E-state index contributed by atoms with van der Waals surface area (Å²) < 4.78 is 11.9. The molecule has 0 spiro atoms. The predicted molar refractivity (Wildman–Crippen MR) is 34.2 cm³/mol. The fourth-order valence-corrected chi connectivity index (χ4v) is 0.704. The van der Waals surface area contributed by atoms with Crippen molar-refractivity contribution in [2.24, 2.45) is 0 Å². The minimum Gasteiger partial charge on any atom is -0.494 e. The van der Waals surface area contributed by atoms with Gasteiger partial charge in [-0.15, -0.1) is 0 Å². The van der Waals surface area contributed by atoms with Gasteiger partial charge in [0.15, 0.2) is 5.88 Å². The third-order valence-corrected chi connectivity index (χ3v) is 1.25. The van der Waals surface area contributed by atoms with Gasteiger partial charge in [-0.25, -0.2) is 9.18 Å². The Bertz CT molecular complexity index is 281. The molecule has 3 N–H and O–H groups in total. The molecule has 0 atom stereocenters. The van der Waals surface area contributed by atoms with Crippen LogP contribution >= 0.6 is 0 Å². The second-order valence-electron chi connectivity index (χ2n) is 2.00. The van der Waals surface area contributed by atoms with Crippen LogP contribution in [-0.2, 0) is 6.67 Å². The molecule has 4 nitrogen and oxygen atoms in total. The Hall–Kier alpha value is -1.52. The molecule has 0 aliphatic carbocycles. The Balaban J connectivity index is 3.05. The number of rotatable bonds is 2.